The first-order valence-electron chi connectivity index (χ1n) is 22.5. The number of aldehydes is 1. The Labute approximate surface area is 384 Å². The number of rotatable bonds is 9. The fourth-order valence-corrected chi connectivity index (χ4v) is 10.6. The topological polar surface area (TPSA) is 125 Å². The van der Waals surface area contributed by atoms with Crippen LogP contribution >= 0.6 is 0 Å². The monoisotopic (exact) mass is 904 g/mol. The molecule has 5 aliphatic heterocycles. The molecule has 3 atom stereocenters. The maximum absolute atomic E-state index is 15.9. The van der Waals surface area contributed by atoms with Gasteiger partial charge in [0.15, 0.2) is 6.29 Å². The lowest BCUT2D eigenvalue weighted by Gasteiger charge is -2.47. The van der Waals surface area contributed by atoms with Crippen LogP contribution in [0.15, 0.2) is 54.9 Å². The van der Waals surface area contributed by atoms with Gasteiger partial charge in [-0.2, -0.15) is 5.10 Å². The number of aromatic amines is 1. The Morgan fingerprint density at radius 2 is 1.68 bits per heavy atom. The normalized spacial score (nSPS) is 22.2. The lowest BCUT2D eigenvalue weighted by atomic mass is 9.62. The number of carbonyl (C=O) groups excluding carboxylic acids is 4. The number of aromatic nitrogens is 2. The van der Waals surface area contributed by atoms with E-state index in [1.165, 1.54) is 21.9 Å². The van der Waals surface area contributed by atoms with Crippen LogP contribution in [0, 0.1) is 17.0 Å². The van der Waals surface area contributed by atoms with Crippen molar-refractivity contribution in [2.45, 2.75) is 102 Å². The number of benzene rings is 3. The van der Waals surface area contributed by atoms with Gasteiger partial charge in [-0.25, -0.2) is 17.6 Å². The number of likely N-dealkylation sites (tertiary alicyclic amines) is 1. The maximum Gasteiger partial charge on any atom is 0.255 e. The highest BCUT2D eigenvalue weighted by Gasteiger charge is 2.41. The second-order valence-corrected chi connectivity index (χ2v) is 18.9. The molecule has 2 N–H and O–H groups in total. The molecule has 1 spiro atoms. The average molecular weight is 905 g/mol. The van der Waals surface area contributed by atoms with Gasteiger partial charge in [0.05, 0.1) is 45.6 Å². The van der Waals surface area contributed by atoms with Crippen LogP contribution in [0.5, 0.6) is 0 Å². The summed E-state index contributed by atoms with van der Waals surface area (Å²) in [6.45, 7) is 10.6. The van der Waals surface area contributed by atoms with Crippen LogP contribution in [0.2, 0.25) is 0 Å². The third kappa shape index (κ3) is 9.27. The van der Waals surface area contributed by atoms with E-state index in [1.54, 1.807) is 49.3 Å². The second kappa shape index (κ2) is 18.7. The number of halogens is 4. The first-order chi connectivity index (χ1) is 31.4. The van der Waals surface area contributed by atoms with E-state index in [0.29, 0.717) is 74.2 Å². The Morgan fingerprint density at radius 3 is 2.29 bits per heavy atom. The smallest absolute Gasteiger partial charge is 0.255 e. The van der Waals surface area contributed by atoms with Crippen molar-refractivity contribution in [1.29, 1.82) is 0 Å². The molecule has 344 valence electrons. The van der Waals surface area contributed by atoms with E-state index < -0.39 is 42.0 Å². The number of allylic oxidation sites excluding steroid dienone is 1. The van der Waals surface area contributed by atoms with Crippen molar-refractivity contribution < 1.29 is 36.7 Å². The van der Waals surface area contributed by atoms with Gasteiger partial charge >= 0.3 is 0 Å². The van der Waals surface area contributed by atoms with Crippen LogP contribution in [-0.4, -0.2) is 134 Å². The molecule has 66 heavy (non-hydrogen) atoms. The molecule has 6 heterocycles. The number of nitrogens with one attached hydrogen (secondary N) is 2. The quantitative estimate of drug-likeness (QED) is 0.120. The van der Waals surface area contributed by atoms with Gasteiger partial charge in [-0.3, -0.25) is 29.2 Å². The maximum atomic E-state index is 15.9. The van der Waals surface area contributed by atoms with Crippen LogP contribution in [0.3, 0.4) is 0 Å². The minimum atomic E-state index is -2.64. The van der Waals surface area contributed by atoms with Gasteiger partial charge in [0.2, 0.25) is 12.3 Å². The molecule has 12 nitrogen and oxygen atoms in total. The number of hydrogen-bond acceptors (Lipinski definition) is 8. The highest BCUT2D eigenvalue weighted by atomic mass is 19.3. The number of amides is 3. The molecule has 1 aromatic heterocycles. The molecular weight excluding hydrogens is 850 g/mol. The number of fused-ring (bicyclic) bond motifs is 4. The van der Waals surface area contributed by atoms with Crippen molar-refractivity contribution in [1.82, 2.24) is 35.1 Å². The lowest BCUT2D eigenvalue weighted by molar-refractivity contribution is -0.125. The summed E-state index contributed by atoms with van der Waals surface area (Å²) in [7, 11) is 13.5. The van der Waals surface area contributed by atoms with Gasteiger partial charge in [-0.05, 0) is 110 Å². The van der Waals surface area contributed by atoms with E-state index in [4.69, 9.17) is 15.7 Å². The predicted molar refractivity (Wildman–Crippen MR) is 244 cm³/mol. The van der Waals surface area contributed by atoms with E-state index in [1.807, 2.05) is 16.7 Å². The first-order valence-corrected chi connectivity index (χ1v) is 22.5. The van der Waals surface area contributed by atoms with Crippen molar-refractivity contribution >= 4 is 56.8 Å². The van der Waals surface area contributed by atoms with Crippen molar-refractivity contribution in [3.8, 4) is 0 Å². The largest absolute Gasteiger partial charge is 0.371 e. The van der Waals surface area contributed by atoms with Gasteiger partial charge in [-0.1, -0.05) is 24.9 Å². The number of hydrogen-bond donors (Lipinski definition) is 2. The summed E-state index contributed by atoms with van der Waals surface area (Å²) >= 11 is 0. The molecule has 4 aromatic rings. The van der Waals surface area contributed by atoms with Gasteiger partial charge in [0.25, 0.3) is 12.3 Å². The number of alkyl halides is 2. The average Bonchev–Trinajstić information content (AvgIpc) is 3.95. The second-order valence-electron chi connectivity index (χ2n) is 18.9. The zero-order valence-corrected chi connectivity index (χ0v) is 37.6. The van der Waals surface area contributed by atoms with E-state index in [9.17, 15) is 28.0 Å². The van der Waals surface area contributed by atoms with Crippen LogP contribution < -0.4 is 10.2 Å². The molecule has 4 radical (unpaired) electrons. The number of anilines is 1. The van der Waals surface area contributed by atoms with E-state index in [2.05, 4.69) is 22.1 Å². The van der Waals surface area contributed by atoms with Gasteiger partial charge in [0, 0.05) is 80.3 Å². The van der Waals surface area contributed by atoms with Crippen LogP contribution in [0.4, 0.5) is 23.2 Å². The summed E-state index contributed by atoms with van der Waals surface area (Å²) in [5, 5.41) is 9.56. The van der Waals surface area contributed by atoms with Crippen LogP contribution in [0.25, 0.3) is 10.9 Å². The SMILES string of the molecule is C[C@@H]1Cc2c(ccc3[nH]ncc23)C(c2c(F)cc(N3CCC4(CCN(C=O)CC4)CC3)cc2F)N1CC(F)F.[B]C([B])(C)N1Cc2cc(C=O)c(C(=O)N(C)C3CCC(=C)NC3=O)cc2C1. The Balaban J connectivity index is 0.000000192. The lowest BCUT2D eigenvalue weighted by Crippen LogP contribution is -2.50. The molecule has 3 amide bonds. The number of nitrogens with zero attached hydrogens (tertiary/aromatic N) is 6. The standard InChI is InChI=1S/C29H33F4N5O.C19H21B2N3O3/c1-18-12-21-20(2-3-25-22(21)15-34-35-25)28(38(18)16-26(32)33)27-23(30)13-19(14-24(27)31)37-10-6-29(7-11-37)4-8-36(17-39)9-5-29;1-11-4-5-16(17(26)22-11)23(3)18(27)15-7-13-9-24(19(2,20)21)8-12(13)6-14(15)10-25/h2-3,13-15,17-18,26,28H,4-12,16H2,1H3,(H,34,35);6-7,10,16H,1,4-5,8-9H2,2-3H3,(H,22,26)/t18-,28?;/m1./s1. The Hall–Kier alpha value is -5.48. The summed E-state index contributed by atoms with van der Waals surface area (Å²) in [4.78, 5) is 56.5. The van der Waals surface area contributed by atoms with E-state index in [-0.39, 0.29) is 34.4 Å². The Kier molecular flexibility index (Phi) is 13.3. The molecule has 0 bridgehead atoms. The third-order valence-electron chi connectivity index (χ3n) is 14.6. The number of likely N-dealkylation sites (N-methyl/N-ethyl adjacent to an activating group) is 1. The van der Waals surface area contributed by atoms with Gasteiger partial charge in [-0.15, -0.1) is 0 Å². The van der Waals surface area contributed by atoms with Crippen LogP contribution in [0.1, 0.15) is 107 Å². The zero-order chi connectivity index (χ0) is 47.2. The zero-order valence-electron chi connectivity index (χ0n) is 37.6. The number of H-pyrrole nitrogens is 1. The molecule has 3 fully saturated rings. The molecule has 3 saturated heterocycles. The molecule has 3 aromatic carbocycles. The fourth-order valence-electron chi connectivity index (χ4n) is 10.6. The Bertz CT molecular complexity index is 2510. The molecule has 18 heteroatoms. The number of piperidine rings is 3. The minimum absolute atomic E-state index is 0.170. The molecule has 9 rings (SSSR count). The highest BCUT2D eigenvalue weighted by molar-refractivity contribution is 6.39. The van der Waals surface area contributed by atoms with Crippen molar-refractivity contribution in [2.24, 2.45) is 5.41 Å². The van der Waals surface area contributed by atoms with Crippen molar-refractivity contribution in [3.05, 3.63) is 105 Å². The summed E-state index contributed by atoms with van der Waals surface area (Å²) < 4.78 is 59.2. The summed E-state index contributed by atoms with van der Waals surface area (Å²) in [5.74, 6) is -2.07. The third-order valence-corrected chi connectivity index (χ3v) is 14.6. The predicted octanol–water partition coefficient (Wildman–Crippen LogP) is 5.97. The molecule has 0 saturated carbocycles. The molecule has 2 unspecified atom stereocenters. The molecular formula is C48H54B2F4N8O4. The van der Waals surface area contributed by atoms with Gasteiger partial charge < -0.3 is 24.9 Å². The summed E-state index contributed by atoms with van der Waals surface area (Å²) in [6.07, 6.45) is 5.91. The fraction of sp³-hybridized carbons (Fsp3) is 0.479. The summed E-state index contributed by atoms with van der Waals surface area (Å²) in [5.41, 5.74) is 5.82. The van der Waals surface area contributed by atoms with Crippen molar-refractivity contribution in [2.75, 3.05) is 44.7 Å². The summed E-state index contributed by atoms with van der Waals surface area (Å²) in [6, 6.07) is 7.79. The molecule has 5 aliphatic rings. The van der Waals surface area contributed by atoms with Crippen LogP contribution in [-0.2, 0) is 29.1 Å². The highest BCUT2D eigenvalue weighted by Crippen LogP contribution is 2.45. The molecule has 0 aliphatic carbocycles. The van der Waals surface area contributed by atoms with E-state index in [0.717, 1.165) is 72.8 Å². The van der Waals surface area contributed by atoms with Crippen molar-refractivity contribution in [3.63, 3.8) is 0 Å². The van der Waals surface area contributed by atoms with E-state index >= 15 is 8.78 Å². The number of carbonyl (C=O) groups is 4. The van der Waals surface area contributed by atoms with Gasteiger partial charge in [0.1, 0.15) is 17.7 Å². The minimum Gasteiger partial charge on any atom is -0.371 e. The Morgan fingerprint density at radius 1 is 1.03 bits per heavy atom. The first kappa shape index (κ1) is 47.0.